The minimum absolute atomic E-state index is 0.0343. The van der Waals surface area contributed by atoms with Crippen molar-refractivity contribution in [2.75, 3.05) is 26.9 Å². The summed E-state index contributed by atoms with van der Waals surface area (Å²) in [6.07, 6.45) is 2.17. The Morgan fingerprint density at radius 1 is 1.37 bits per heavy atom. The molecule has 102 valence electrons. The number of likely N-dealkylation sites (N-methyl/N-ethyl adjacent to an activating group) is 1. The van der Waals surface area contributed by atoms with Gasteiger partial charge >= 0.3 is 0 Å². The molecule has 0 aliphatic carbocycles. The summed E-state index contributed by atoms with van der Waals surface area (Å²) >= 11 is 0. The maximum atomic E-state index is 12.4. The quantitative estimate of drug-likeness (QED) is 0.871. The van der Waals surface area contributed by atoms with E-state index >= 15 is 0 Å². The minimum atomic E-state index is 0.0343. The third-order valence-electron chi connectivity index (χ3n) is 3.76. The van der Waals surface area contributed by atoms with Gasteiger partial charge in [0.1, 0.15) is 0 Å². The number of carbonyl (C=O) groups is 1. The molecule has 0 spiro atoms. The second-order valence-corrected chi connectivity index (χ2v) is 4.98. The van der Waals surface area contributed by atoms with Gasteiger partial charge < -0.3 is 19.7 Å². The van der Waals surface area contributed by atoms with Crippen LogP contribution in [0, 0.1) is 0 Å². The highest BCUT2D eigenvalue weighted by atomic mass is 16.7. The summed E-state index contributed by atoms with van der Waals surface area (Å²) < 4.78 is 10.6. The number of carbonyl (C=O) groups excluding carboxylic acids is 1. The van der Waals surface area contributed by atoms with Crippen LogP contribution >= 0.6 is 0 Å². The molecule has 5 nitrogen and oxygen atoms in total. The van der Waals surface area contributed by atoms with Gasteiger partial charge in [0.2, 0.25) is 6.79 Å². The summed E-state index contributed by atoms with van der Waals surface area (Å²) in [4.78, 5) is 14.3. The Kier molecular flexibility index (Phi) is 3.29. The first-order valence-electron chi connectivity index (χ1n) is 6.63. The average Bonchev–Trinajstić information content (AvgIpc) is 2.94. The first kappa shape index (κ1) is 12.3. The summed E-state index contributed by atoms with van der Waals surface area (Å²) in [6, 6.07) is 5.62. The highest BCUT2D eigenvalue weighted by molar-refractivity contribution is 5.95. The van der Waals surface area contributed by atoms with E-state index in [2.05, 4.69) is 5.32 Å². The van der Waals surface area contributed by atoms with E-state index in [1.165, 1.54) is 0 Å². The summed E-state index contributed by atoms with van der Waals surface area (Å²) in [7, 11) is 1.87. The number of nitrogens with one attached hydrogen (secondary N) is 1. The third-order valence-corrected chi connectivity index (χ3v) is 3.76. The van der Waals surface area contributed by atoms with Crippen LogP contribution in [0.2, 0.25) is 0 Å². The zero-order valence-electron chi connectivity index (χ0n) is 11.0. The largest absolute Gasteiger partial charge is 0.454 e. The first-order chi connectivity index (χ1) is 9.25. The van der Waals surface area contributed by atoms with Crippen LogP contribution in [-0.2, 0) is 0 Å². The predicted octanol–water partition coefficient (Wildman–Crippen LogP) is 1.24. The third kappa shape index (κ3) is 2.38. The summed E-state index contributed by atoms with van der Waals surface area (Å²) in [5, 5.41) is 3.33. The van der Waals surface area contributed by atoms with Gasteiger partial charge in [-0.15, -0.1) is 0 Å². The fraction of sp³-hybridized carbons (Fsp3) is 0.500. The highest BCUT2D eigenvalue weighted by Crippen LogP contribution is 2.32. The van der Waals surface area contributed by atoms with Crippen molar-refractivity contribution in [3.8, 4) is 11.5 Å². The Hall–Kier alpha value is -1.75. The van der Waals surface area contributed by atoms with Crippen LogP contribution in [-0.4, -0.2) is 43.8 Å². The number of rotatable bonds is 2. The van der Waals surface area contributed by atoms with Crippen molar-refractivity contribution < 1.29 is 14.3 Å². The monoisotopic (exact) mass is 262 g/mol. The van der Waals surface area contributed by atoms with Gasteiger partial charge in [-0.2, -0.15) is 0 Å². The van der Waals surface area contributed by atoms with E-state index in [4.69, 9.17) is 9.47 Å². The average molecular weight is 262 g/mol. The lowest BCUT2D eigenvalue weighted by molar-refractivity contribution is 0.0708. The Morgan fingerprint density at radius 3 is 3.00 bits per heavy atom. The van der Waals surface area contributed by atoms with Crippen molar-refractivity contribution in [2.24, 2.45) is 0 Å². The number of piperidine rings is 1. The second-order valence-electron chi connectivity index (χ2n) is 4.98. The van der Waals surface area contributed by atoms with E-state index in [0.29, 0.717) is 17.1 Å². The topological polar surface area (TPSA) is 50.8 Å². The predicted molar refractivity (Wildman–Crippen MR) is 70.6 cm³/mol. The van der Waals surface area contributed by atoms with Gasteiger partial charge in [-0.1, -0.05) is 0 Å². The van der Waals surface area contributed by atoms with Gasteiger partial charge in [0, 0.05) is 25.2 Å². The van der Waals surface area contributed by atoms with E-state index < -0.39 is 0 Å². The maximum Gasteiger partial charge on any atom is 0.254 e. The van der Waals surface area contributed by atoms with Gasteiger partial charge in [-0.3, -0.25) is 4.79 Å². The van der Waals surface area contributed by atoms with Crippen LogP contribution in [0.25, 0.3) is 0 Å². The Labute approximate surface area is 112 Å². The summed E-state index contributed by atoms with van der Waals surface area (Å²) in [6.45, 7) is 2.14. The molecule has 1 fully saturated rings. The molecule has 0 aromatic heterocycles. The molecule has 1 N–H and O–H groups in total. The van der Waals surface area contributed by atoms with Crippen molar-refractivity contribution in [3.05, 3.63) is 23.8 Å². The molecule has 1 aromatic rings. The molecule has 3 rings (SSSR count). The van der Waals surface area contributed by atoms with Crippen LogP contribution in [0.4, 0.5) is 0 Å². The summed E-state index contributed by atoms with van der Waals surface area (Å²) in [5.74, 6) is 1.39. The molecule has 5 heteroatoms. The zero-order chi connectivity index (χ0) is 13.2. The molecule has 1 amide bonds. The number of nitrogens with zero attached hydrogens (tertiary/aromatic N) is 1. The number of benzene rings is 1. The normalized spacial score (nSPS) is 21.2. The molecule has 1 saturated heterocycles. The maximum absolute atomic E-state index is 12.4. The number of amides is 1. The Balaban J connectivity index is 1.75. The number of fused-ring (bicyclic) bond motifs is 1. The van der Waals surface area contributed by atoms with E-state index in [9.17, 15) is 4.79 Å². The van der Waals surface area contributed by atoms with Gasteiger partial charge in [0.05, 0.1) is 0 Å². The lowest BCUT2D eigenvalue weighted by Crippen LogP contribution is -2.46. The van der Waals surface area contributed by atoms with Crippen molar-refractivity contribution in [1.29, 1.82) is 0 Å². The van der Waals surface area contributed by atoms with Crippen LogP contribution in [0.15, 0.2) is 18.2 Å². The SMILES string of the molecule is CN(C(=O)c1ccc2c(c1)OCO2)[C@H]1CCCNC1. The molecule has 2 aliphatic rings. The molecule has 19 heavy (non-hydrogen) atoms. The van der Waals surface area contributed by atoms with Crippen LogP contribution < -0.4 is 14.8 Å². The lowest BCUT2D eigenvalue weighted by atomic mass is 10.1. The first-order valence-corrected chi connectivity index (χ1v) is 6.63. The molecular formula is C14H18N2O3. The smallest absolute Gasteiger partial charge is 0.254 e. The molecule has 0 unspecified atom stereocenters. The van der Waals surface area contributed by atoms with Gasteiger partial charge in [-0.25, -0.2) is 0 Å². The lowest BCUT2D eigenvalue weighted by Gasteiger charge is -2.31. The minimum Gasteiger partial charge on any atom is -0.454 e. The molecule has 2 heterocycles. The van der Waals surface area contributed by atoms with Gasteiger partial charge in [-0.05, 0) is 37.6 Å². The van der Waals surface area contributed by atoms with E-state index in [-0.39, 0.29) is 18.7 Å². The standard InChI is InChI=1S/C14H18N2O3/c1-16(11-3-2-6-15-8-11)14(17)10-4-5-12-13(7-10)19-9-18-12/h4-5,7,11,15H,2-3,6,8-9H2,1H3/t11-/m0/s1. The molecule has 0 radical (unpaired) electrons. The Bertz CT molecular complexity index is 484. The molecule has 2 aliphatic heterocycles. The number of hydrogen-bond acceptors (Lipinski definition) is 4. The molecule has 1 aromatic carbocycles. The Morgan fingerprint density at radius 2 is 2.21 bits per heavy atom. The molecule has 0 saturated carbocycles. The van der Waals surface area contributed by atoms with Crippen molar-refractivity contribution in [3.63, 3.8) is 0 Å². The number of ether oxygens (including phenoxy) is 2. The van der Waals surface area contributed by atoms with E-state index in [1.54, 1.807) is 18.2 Å². The fourth-order valence-electron chi connectivity index (χ4n) is 2.56. The van der Waals surface area contributed by atoms with Crippen LogP contribution in [0.5, 0.6) is 11.5 Å². The highest BCUT2D eigenvalue weighted by Gasteiger charge is 2.24. The second kappa shape index (κ2) is 5.09. The van der Waals surface area contributed by atoms with Crippen molar-refractivity contribution in [1.82, 2.24) is 10.2 Å². The molecule has 1 atom stereocenters. The van der Waals surface area contributed by atoms with E-state index in [0.717, 1.165) is 25.9 Å². The van der Waals surface area contributed by atoms with E-state index in [1.807, 2.05) is 11.9 Å². The van der Waals surface area contributed by atoms with Crippen LogP contribution in [0.3, 0.4) is 0 Å². The van der Waals surface area contributed by atoms with Crippen molar-refractivity contribution >= 4 is 5.91 Å². The van der Waals surface area contributed by atoms with Gasteiger partial charge in [0.15, 0.2) is 11.5 Å². The number of hydrogen-bond donors (Lipinski definition) is 1. The summed E-state index contributed by atoms with van der Waals surface area (Å²) in [5.41, 5.74) is 0.650. The van der Waals surface area contributed by atoms with Crippen LogP contribution in [0.1, 0.15) is 23.2 Å². The van der Waals surface area contributed by atoms with Crippen molar-refractivity contribution in [2.45, 2.75) is 18.9 Å². The van der Waals surface area contributed by atoms with Gasteiger partial charge in [0.25, 0.3) is 5.91 Å². The fourth-order valence-corrected chi connectivity index (χ4v) is 2.56. The molecular weight excluding hydrogens is 244 g/mol. The molecule has 0 bridgehead atoms. The zero-order valence-corrected chi connectivity index (χ0v) is 11.0.